The molecule has 5 nitrogen and oxygen atoms in total. The maximum absolute atomic E-state index is 13.4. The molecular weight excluding hydrogens is 345 g/mol. The predicted molar refractivity (Wildman–Crippen MR) is 100 cm³/mol. The van der Waals surface area contributed by atoms with E-state index >= 15 is 0 Å². The SMILES string of the molecule is CC(C)c1cc(C(=O)N2C[C@@H]3CC[C@H](Oc4cccc(F)c4)[C@@H]3C2)n(C)n1. The van der Waals surface area contributed by atoms with Gasteiger partial charge in [0, 0.05) is 32.1 Å². The molecule has 1 saturated heterocycles. The van der Waals surface area contributed by atoms with Gasteiger partial charge in [0.25, 0.3) is 5.91 Å². The first-order valence-corrected chi connectivity index (χ1v) is 9.68. The number of likely N-dealkylation sites (tertiary alicyclic amines) is 1. The Morgan fingerprint density at radius 3 is 2.78 bits per heavy atom. The van der Waals surface area contributed by atoms with E-state index in [2.05, 4.69) is 18.9 Å². The van der Waals surface area contributed by atoms with E-state index in [4.69, 9.17) is 4.74 Å². The molecule has 6 heteroatoms. The number of hydrogen-bond acceptors (Lipinski definition) is 3. The average Bonchev–Trinajstić information content (AvgIpc) is 3.30. The molecule has 2 aliphatic rings. The Morgan fingerprint density at radius 1 is 1.26 bits per heavy atom. The van der Waals surface area contributed by atoms with Crippen LogP contribution in [0.1, 0.15) is 48.8 Å². The van der Waals surface area contributed by atoms with Crippen molar-refractivity contribution in [3.05, 3.63) is 47.5 Å². The molecule has 27 heavy (non-hydrogen) atoms. The summed E-state index contributed by atoms with van der Waals surface area (Å²) in [4.78, 5) is 14.9. The third kappa shape index (κ3) is 3.45. The number of nitrogens with zero attached hydrogens (tertiary/aromatic N) is 3. The van der Waals surface area contributed by atoms with Crippen LogP contribution < -0.4 is 4.74 Å². The van der Waals surface area contributed by atoms with Gasteiger partial charge in [0.2, 0.25) is 0 Å². The molecule has 0 radical (unpaired) electrons. The maximum atomic E-state index is 13.4. The minimum absolute atomic E-state index is 0.0346. The van der Waals surface area contributed by atoms with Crippen molar-refractivity contribution in [3.63, 3.8) is 0 Å². The lowest BCUT2D eigenvalue weighted by Gasteiger charge is -2.22. The van der Waals surface area contributed by atoms with Gasteiger partial charge in [-0.05, 0) is 42.9 Å². The Kier molecular flexibility index (Phi) is 4.66. The quantitative estimate of drug-likeness (QED) is 0.825. The van der Waals surface area contributed by atoms with Crippen molar-refractivity contribution in [2.75, 3.05) is 13.1 Å². The number of hydrogen-bond donors (Lipinski definition) is 0. The van der Waals surface area contributed by atoms with Gasteiger partial charge in [-0.3, -0.25) is 9.48 Å². The zero-order valence-electron chi connectivity index (χ0n) is 16.1. The fraction of sp³-hybridized carbons (Fsp3) is 0.524. The summed E-state index contributed by atoms with van der Waals surface area (Å²) >= 11 is 0. The zero-order valence-corrected chi connectivity index (χ0v) is 16.1. The lowest BCUT2D eigenvalue weighted by atomic mass is 9.99. The van der Waals surface area contributed by atoms with Gasteiger partial charge in [0.15, 0.2) is 0 Å². The number of halogens is 1. The average molecular weight is 371 g/mol. The number of benzene rings is 1. The molecule has 2 aromatic rings. The predicted octanol–water partition coefficient (Wildman–Crippen LogP) is 3.61. The van der Waals surface area contributed by atoms with E-state index in [9.17, 15) is 9.18 Å². The molecule has 0 N–H and O–H groups in total. The lowest BCUT2D eigenvalue weighted by molar-refractivity contribution is 0.0751. The summed E-state index contributed by atoms with van der Waals surface area (Å²) in [5.41, 5.74) is 1.58. The van der Waals surface area contributed by atoms with Crippen molar-refractivity contribution >= 4 is 5.91 Å². The van der Waals surface area contributed by atoms with Crippen LogP contribution in [0.15, 0.2) is 30.3 Å². The molecule has 0 unspecified atom stereocenters. The van der Waals surface area contributed by atoms with Gasteiger partial charge in [-0.2, -0.15) is 5.10 Å². The van der Waals surface area contributed by atoms with E-state index in [0.717, 1.165) is 25.1 Å². The summed E-state index contributed by atoms with van der Waals surface area (Å²) in [5, 5.41) is 4.46. The Labute approximate surface area is 159 Å². The molecule has 1 aromatic heterocycles. The summed E-state index contributed by atoms with van der Waals surface area (Å²) < 4.78 is 21.2. The van der Waals surface area contributed by atoms with Crippen molar-refractivity contribution in [3.8, 4) is 5.75 Å². The molecule has 1 aliphatic heterocycles. The van der Waals surface area contributed by atoms with E-state index in [1.165, 1.54) is 12.1 Å². The first-order chi connectivity index (χ1) is 12.9. The van der Waals surface area contributed by atoms with Gasteiger partial charge < -0.3 is 9.64 Å². The van der Waals surface area contributed by atoms with E-state index in [-0.39, 0.29) is 17.8 Å². The summed E-state index contributed by atoms with van der Waals surface area (Å²) in [6, 6.07) is 8.20. The number of aryl methyl sites for hydroxylation is 1. The van der Waals surface area contributed by atoms with Crippen molar-refractivity contribution in [2.45, 2.75) is 38.7 Å². The van der Waals surface area contributed by atoms with Crippen molar-refractivity contribution in [1.29, 1.82) is 0 Å². The second-order valence-corrected chi connectivity index (χ2v) is 8.06. The normalized spacial score (nSPS) is 24.5. The minimum Gasteiger partial charge on any atom is -0.490 e. The van der Waals surface area contributed by atoms with Gasteiger partial charge in [0.1, 0.15) is 23.4 Å². The monoisotopic (exact) mass is 371 g/mol. The Hall–Kier alpha value is -2.37. The van der Waals surface area contributed by atoms with Crippen LogP contribution in [0.3, 0.4) is 0 Å². The number of ether oxygens (including phenoxy) is 1. The first-order valence-electron chi connectivity index (χ1n) is 9.68. The van der Waals surface area contributed by atoms with Crippen LogP contribution in [-0.2, 0) is 7.05 Å². The largest absolute Gasteiger partial charge is 0.490 e. The fourth-order valence-corrected chi connectivity index (χ4v) is 4.38. The molecular formula is C21H26FN3O2. The third-order valence-corrected chi connectivity index (χ3v) is 5.87. The van der Waals surface area contributed by atoms with E-state index in [0.29, 0.717) is 35.7 Å². The highest BCUT2D eigenvalue weighted by molar-refractivity contribution is 5.93. The molecule has 0 bridgehead atoms. The van der Waals surface area contributed by atoms with Crippen LogP contribution in [0.5, 0.6) is 5.75 Å². The number of carbonyl (C=O) groups is 1. The summed E-state index contributed by atoms with van der Waals surface area (Å²) in [6.45, 7) is 5.59. The molecule has 3 atom stereocenters. The van der Waals surface area contributed by atoms with E-state index in [1.807, 2.05) is 18.0 Å². The van der Waals surface area contributed by atoms with Crippen LogP contribution in [0, 0.1) is 17.7 Å². The standard InChI is InChI=1S/C21H26FN3O2/c1-13(2)18-10-19(24(3)23-18)21(26)25-11-14-7-8-20(17(14)12-25)27-16-6-4-5-15(22)9-16/h4-6,9-10,13-14,17,20H,7-8,11-12H2,1-3H3/t14-,17+,20-/m0/s1. The van der Waals surface area contributed by atoms with Gasteiger partial charge >= 0.3 is 0 Å². The van der Waals surface area contributed by atoms with Crippen LogP contribution in [0.2, 0.25) is 0 Å². The van der Waals surface area contributed by atoms with Gasteiger partial charge in [0.05, 0.1) is 5.69 Å². The number of fused-ring (bicyclic) bond motifs is 1. The number of carbonyl (C=O) groups excluding carboxylic acids is 1. The molecule has 2 fully saturated rings. The van der Waals surface area contributed by atoms with Gasteiger partial charge in [-0.25, -0.2) is 4.39 Å². The molecule has 144 valence electrons. The molecule has 1 saturated carbocycles. The highest BCUT2D eigenvalue weighted by Crippen LogP contribution is 2.40. The highest BCUT2D eigenvalue weighted by atomic mass is 19.1. The van der Waals surface area contributed by atoms with Crippen LogP contribution in [-0.4, -0.2) is 39.8 Å². The fourth-order valence-electron chi connectivity index (χ4n) is 4.38. The smallest absolute Gasteiger partial charge is 0.272 e. The van der Waals surface area contributed by atoms with Crippen LogP contribution >= 0.6 is 0 Å². The molecule has 0 spiro atoms. The lowest BCUT2D eigenvalue weighted by Crippen LogP contribution is -2.33. The molecule has 1 amide bonds. The number of amides is 1. The maximum Gasteiger partial charge on any atom is 0.272 e. The molecule has 2 heterocycles. The summed E-state index contributed by atoms with van der Waals surface area (Å²) in [7, 11) is 1.83. The zero-order chi connectivity index (χ0) is 19.1. The van der Waals surface area contributed by atoms with Crippen molar-refractivity contribution in [2.24, 2.45) is 18.9 Å². The van der Waals surface area contributed by atoms with Crippen LogP contribution in [0.25, 0.3) is 0 Å². The topological polar surface area (TPSA) is 47.4 Å². The van der Waals surface area contributed by atoms with Crippen LogP contribution in [0.4, 0.5) is 4.39 Å². The Bertz CT molecular complexity index is 848. The molecule has 1 aromatic carbocycles. The highest BCUT2D eigenvalue weighted by Gasteiger charge is 2.45. The first kappa shape index (κ1) is 18.0. The van der Waals surface area contributed by atoms with E-state index in [1.54, 1.807) is 16.8 Å². The van der Waals surface area contributed by atoms with Gasteiger partial charge in [-0.1, -0.05) is 19.9 Å². The van der Waals surface area contributed by atoms with Gasteiger partial charge in [-0.15, -0.1) is 0 Å². The van der Waals surface area contributed by atoms with Crippen molar-refractivity contribution < 1.29 is 13.9 Å². The molecule has 1 aliphatic carbocycles. The number of rotatable bonds is 4. The second kappa shape index (κ2) is 6.98. The summed E-state index contributed by atoms with van der Waals surface area (Å²) in [5.74, 6) is 1.36. The Balaban J connectivity index is 1.45. The second-order valence-electron chi connectivity index (χ2n) is 8.06. The third-order valence-electron chi connectivity index (χ3n) is 5.87. The minimum atomic E-state index is -0.289. The van der Waals surface area contributed by atoms with E-state index < -0.39 is 0 Å². The molecule has 4 rings (SSSR count). The summed E-state index contributed by atoms with van der Waals surface area (Å²) in [6.07, 6.45) is 2.03. The Morgan fingerprint density at radius 2 is 2.07 bits per heavy atom. The number of aromatic nitrogens is 2. The van der Waals surface area contributed by atoms with Crippen molar-refractivity contribution in [1.82, 2.24) is 14.7 Å².